The van der Waals surface area contributed by atoms with Crippen LogP contribution in [0.3, 0.4) is 0 Å². The van der Waals surface area contributed by atoms with Gasteiger partial charge in [0.25, 0.3) is 0 Å². The van der Waals surface area contributed by atoms with Crippen molar-refractivity contribution in [2.45, 2.75) is 26.2 Å². The fraction of sp³-hybridized carbons (Fsp3) is 0.900. The van der Waals surface area contributed by atoms with Gasteiger partial charge >= 0.3 is 0 Å². The lowest BCUT2D eigenvalue weighted by Gasteiger charge is -2.14. The van der Waals surface area contributed by atoms with Crippen molar-refractivity contribution in [3.05, 3.63) is 0 Å². The average molecular weight is 186 g/mol. The number of Topliss-reactive ketones (excluding diaryl/α,β-unsaturated/α-hetero) is 1. The Kier molecular flexibility index (Phi) is 7.94. The highest BCUT2D eigenvalue weighted by molar-refractivity contribution is 5.80. The molecule has 3 heteroatoms. The number of nitrogens with zero attached hydrogens (tertiary/aromatic N) is 1. The summed E-state index contributed by atoms with van der Waals surface area (Å²) < 4.78 is 0. The number of hydrogen-bond acceptors (Lipinski definition) is 3. The Balaban J connectivity index is 3.38. The molecule has 0 aromatic carbocycles. The van der Waals surface area contributed by atoms with Crippen LogP contribution in [0, 0.1) is 0 Å². The molecule has 0 unspecified atom stereocenters. The van der Waals surface area contributed by atoms with Crippen molar-refractivity contribution in [3.63, 3.8) is 0 Å². The first-order chi connectivity index (χ1) is 6.20. The molecule has 0 amide bonds. The van der Waals surface area contributed by atoms with Crippen LogP contribution >= 0.6 is 0 Å². The predicted molar refractivity (Wildman–Crippen MR) is 56.0 cm³/mol. The van der Waals surface area contributed by atoms with E-state index in [9.17, 15) is 4.79 Å². The molecule has 0 saturated heterocycles. The molecular formula is C10H22N2O. The Bertz CT molecular complexity index is 137. The van der Waals surface area contributed by atoms with Crippen molar-refractivity contribution >= 4 is 5.78 Å². The third kappa shape index (κ3) is 7.94. The third-order valence-electron chi connectivity index (χ3n) is 1.94. The molecule has 0 saturated carbocycles. The van der Waals surface area contributed by atoms with Gasteiger partial charge in [0.15, 0.2) is 0 Å². The first-order valence-electron chi connectivity index (χ1n) is 5.05. The van der Waals surface area contributed by atoms with Crippen molar-refractivity contribution in [3.8, 4) is 0 Å². The molecule has 0 aromatic heterocycles. The fourth-order valence-electron chi connectivity index (χ4n) is 1.26. The molecule has 0 rings (SSSR count). The van der Waals surface area contributed by atoms with E-state index in [0.29, 0.717) is 12.3 Å². The third-order valence-corrected chi connectivity index (χ3v) is 1.94. The molecular weight excluding hydrogens is 164 g/mol. The molecule has 0 aliphatic heterocycles. The summed E-state index contributed by atoms with van der Waals surface area (Å²) in [6.07, 6.45) is 2.78. The lowest BCUT2D eigenvalue weighted by Crippen LogP contribution is -2.28. The van der Waals surface area contributed by atoms with E-state index in [2.05, 4.69) is 10.2 Å². The van der Waals surface area contributed by atoms with Gasteiger partial charge in [-0.05, 0) is 40.0 Å². The fourth-order valence-corrected chi connectivity index (χ4v) is 1.26. The highest BCUT2D eigenvalue weighted by Crippen LogP contribution is 1.93. The number of likely N-dealkylation sites (N-methyl/N-ethyl adjacent to an activating group) is 1. The largest absolute Gasteiger partial charge is 0.320 e. The van der Waals surface area contributed by atoms with Crippen LogP contribution in [-0.4, -0.2) is 44.4 Å². The molecule has 78 valence electrons. The van der Waals surface area contributed by atoms with E-state index in [-0.39, 0.29) is 0 Å². The van der Waals surface area contributed by atoms with E-state index in [4.69, 9.17) is 0 Å². The average Bonchev–Trinajstić information content (AvgIpc) is 2.05. The van der Waals surface area contributed by atoms with Crippen molar-refractivity contribution in [2.75, 3.05) is 33.7 Å². The molecule has 0 aliphatic rings. The molecule has 13 heavy (non-hydrogen) atoms. The standard InChI is InChI=1S/C10H22N2O/c1-4-6-10(13)9-12(3)8-5-7-11-2/h11H,4-9H2,1-3H3. The van der Waals surface area contributed by atoms with Crippen LogP contribution < -0.4 is 5.32 Å². The number of hydrogen-bond donors (Lipinski definition) is 1. The van der Waals surface area contributed by atoms with Gasteiger partial charge < -0.3 is 5.32 Å². The van der Waals surface area contributed by atoms with Gasteiger partial charge in [-0.2, -0.15) is 0 Å². The van der Waals surface area contributed by atoms with Gasteiger partial charge in [-0.25, -0.2) is 0 Å². The van der Waals surface area contributed by atoms with Crippen LogP contribution in [0.4, 0.5) is 0 Å². The summed E-state index contributed by atoms with van der Waals surface area (Å²) in [6, 6.07) is 0. The molecule has 1 N–H and O–H groups in total. The summed E-state index contributed by atoms with van der Waals surface area (Å²) >= 11 is 0. The van der Waals surface area contributed by atoms with Gasteiger partial charge in [-0.1, -0.05) is 6.92 Å². The normalized spacial score (nSPS) is 10.8. The summed E-state index contributed by atoms with van der Waals surface area (Å²) in [7, 11) is 3.95. The maximum atomic E-state index is 11.2. The van der Waals surface area contributed by atoms with Gasteiger partial charge in [0.2, 0.25) is 0 Å². The first-order valence-corrected chi connectivity index (χ1v) is 5.05. The summed E-state index contributed by atoms with van der Waals surface area (Å²) in [5.41, 5.74) is 0. The number of ketones is 1. The zero-order chi connectivity index (χ0) is 10.1. The predicted octanol–water partition coefficient (Wildman–Crippen LogP) is 0.897. The van der Waals surface area contributed by atoms with E-state index in [1.54, 1.807) is 0 Å². The summed E-state index contributed by atoms with van der Waals surface area (Å²) in [5.74, 6) is 0.356. The lowest BCUT2D eigenvalue weighted by molar-refractivity contribution is -0.119. The molecule has 0 spiro atoms. The van der Waals surface area contributed by atoms with Crippen molar-refractivity contribution < 1.29 is 4.79 Å². The molecule has 0 bridgehead atoms. The highest BCUT2D eigenvalue weighted by Gasteiger charge is 2.04. The first kappa shape index (κ1) is 12.6. The minimum absolute atomic E-state index is 0.356. The van der Waals surface area contributed by atoms with Crippen LogP contribution in [0.5, 0.6) is 0 Å². The number of nitrogens with one attached hydrogen (secondary N) is 1. The number of rotatable bonds is 8. The molecule has 0 heterocycles. The summed E-state index contributed by atoms with van der Waals surface area (Å²) in [4.78, 5) is 13.3. The second-order valence-corrected chi connectivity index (χ2v) is 3.48. The van der Waals surface area contributed by atoms with Crippen LogP contribution in [0.15, 0.2) is 0 Å². The zero-order valence-electron chi connectivity index (χ0n) is 9.10. The summed E-state index contributed by atoms with van der Waals surface area (Å²) in [6.45, 7) is 4.67. The van der Waals surface area contributed by atoms with Gasteiger partial charge in [0.05, 0.1) is 6.54 Å². The van der Waals surface area contributed by atoms with Crippen LogP contribution in [0.25, 0.3) is 0 Å². The monoisotopic (exact) mass is 186 g/mol. The van der Waals surface area contributed by atoms with Gasteiger partial charge in [0, 0.05) is 6.42 Å². The van der Waals surface area contributed by atoms with Gasteiger partial charge in [-0.3, -0.25) is 9.69 Å². The van der Waals surface area contributed by atoms with E-state index in [1.165, 1.54) is 0 Å². The van der Waals surface area contributed by atoms with E-state index < -0.39 is 0 Å². The Morgan fingerprint density at radius 3 is 2.69 bits per heavy atom. The molecule has 0 radical (unpaired) electrons. The Hall–Kier alpha value is -0.410. The smallest absolute Gasteiger partial charge is 0.146 e. The zero-order valence-corrected chi connectivity index (χ0v) is 9.10. The quantitative estimate of drug-likeness (QED) is 0.572. The van der Waals surface area contributed by atoms with Gasteiger partial charge in [0.1, 0.15) is 5.78 Å². The minimum atomic E-state index is 0.356. The maximum absolute atomic E-state index is 11.2. The van der Waals surface area contributed by atoms with E-state index in [1.807, 2.05) is 21.0 Å². The second-order valence-electron chi connectivity index (χ2n) is 3.48. The highest BCUT2D eigenvalue weighted by atomic mass is 16.1. The van der Waals surface area contributed by atoms with Crippen molar-refractivity contribution in [1.82, 2.24) is 10.2 Å². The minimum Gasteiger partial charge on any atom is -0.320 e. The molecule has 0 atom stereocenters. The second kappa shape index (κ2) is 8.20. The maximum Gasteiger partial charge on any atom is 0.146 e. The number of carbonyl (C=O) groups excluding carboxylic acids is 1. The molecule has 0 aromatic rings. The van der Waals surface area contributed by atoms with E-state index >= 15 is 0 Å². The topological polar surface area (TPSA) is 32.3 Å². The van der Waals surface area contributed by atoms with Crippen LogP contribution in [0.2, 0.25) is 0 Å². The SMILES string of the molecule is CCCC(=O)CN(C)CCCNC. The molecule has 0 fully saturated rings. The lowest BCUT2D eigenvalue weighted by atomic mass is 10.2. The van der Waals surface area contributed by atoms with Crippen molar-refractivity contribution in [1.29, 1.82) is 0 Å². The number of carbonyl (C=O) groups is 1. The molecule has 3 nitrogen and oxygen atoms in total. The van der Waals surface area contributed by atoms with Crippen LogP contribution in [0.1, 0.15) is 26.2 Å². The van der Waals surface area contributed by atoms with Crippen LogP contribution in [-0.2, 0) is 4.79 Å². The Morgan fingerprint density at radius 1 is 1.46 bits per heavy atom. The summed E-state index contributed by atoms with van der Waals surface area (Å²) in [5, 5.41) is 3.09. The Morgan fingerprint density at radius 2 is 2.15 bits per heavy atom. The van der Waals surface area contributed by atoms with Crippen molar-refractivity contribution in [2.24, 2.45) is 0 Å². The Labute approximate surface area is 81.5 Å². The molecule has 0 aliphatic carbocycles. The van der Waals surface area contributed by atoms with E-state index in [0.717, 1.165) is 32.4 Å². The van der Waals surface area contributed by atoms with Gasteiger partial charge in [-0.15, -0.1) is 0 Å².